The number of pyridine rings is 1. The van der Waals surface area contributed by atoms with Crippen LogP contribution < -0.4 is 5.32 Å². The Morgan fingerprint density at radius 1 is 1.27 bits per heavy atom. The molecular formula is C18H22FN5O2. The van der Waals surface area contributed by atoms with E-state index in [1.807, 2.05) is 0 Å². The number of hydrogen-bond donors (Lipinski definition) is 1. The fourth-order valence-corrected chi connectivity index (χ4v) is 3.66. The van der Waals surface area contributed by atoms with Crippen molar-refractivity contribution in [3.63, 3.8) is 0 Å². The standard InChI is InChI=1S/C18H22FN5O2/c19-18(16-22-15(26-23-16)13-6-9-20-10-7-13)8-11-24(12-18)17(25)21-14-4-2-1-3-5-14/h6-7,9-10,14H,1-5,8,11-12H2,(H,21,25). The van der Waals surface area contributed by atoms with E-state index in [9.17, 15) is 4.79 Å². The molecule has 1 saturated carbocycles. The van der Waals surface area contributed by atoms with Gasteiger partial charge in [-0.3, -0.25) is 4.98 Å². The molecule has 0 spiro atoms. The Hall–Kier alpha value is -2.51. The molecule has 2 aromatic heterocycles. The van der Waals surface area contributed by atoms with Gasteiger partial charge in [-0.05, 0) is 25.0 Å². The third-order valence-electron chi connectivity index (χ3n) is 5.19. The lowest BCUT2D eigenvalue weighted by atomic mass is 9.96. The molecule has 1 N–H and O–H groups in total. The van der Waals surface area contributed by atoms with Crippen molar-refractivity contribution in [2.45, 2.75) is 50.2 Å². The first-order valence-electron chi connectivity index (χ1n) is 9.13. The second-order valence-corrected chi connectivity index (χ2v) is 7.08. The number of amides is 2. The van der Waals surface area contributed by atoms with E-state index in [-0.39, 0.29) is 36.8 Å². The zero-order valence-electron chi connectivity index (χ0n) is 14.5. The van der Waals surface area contributed by atoms with Crippen LogP contribution in [-0.2, 0) is 5.67 Å². The third-order valence-corrected chi connectivity index (χ3v) is 5.19. The fraction of sp³-hybridized carbons (Fsp3) is 0.556. The first kappa shape index (κ1) is 16.9. The topological polar surface area (TPSA) is 84.2 Å². The maximum absolute atomic E-state index is 15.3. The molecule has 1 aliphatic heterocycles. The molecule has 3 heterocycles. The molecule has 2 aromatic rings. The SMILES string of the molecule is O=C(NC1CCCCC1)N1CCC(F)(c2noc(-c3ccncc3)n2)C1. The zero-order valence-corrected chi connectivity index (χ0v) is 14.5. The number of likely N-dealkylation sites (tertiary alicyclic amines) is 1. The Kier molecular flexibility index (Phi) is 4.57. The molecule has 26 heavy (non-hydrogen) atoms. The lowest BCUT2D eigenvalue weighted by Crippen LogP contribution is -2.45. The number of urea groups is 1. The van der Waals surface area contributed by atoms with Crippen molar-refractivity contribution in [1.82, 2.24) is 25.3 Å². The molecule has 138 valence electrons. The van der Waals surface area contributed by atoms with Crippen LogP contribution in [0.2, 0.25) is 0 Å². The van der Waals surface area contributed by atoms with Gasteiger partial charge in [-0.25, -0.2) is 9.18 Å². The number of carbonyl (C=O) groups excluding carboxylic acids is 1. The van der Waals surface area contributed by atoms with Gasteiger partial charge in [-0.1, -0.05) is 24.4 Å². The van der Waals surface area contributed by atoms with E-state index in [1.165, 1.54) is 11.3 Å². The number of alkyl halides is 1. The van der Waals surface area contributed by atoms with Crippen molar-refractivity contribution in [2.24, 2.45) is 0 Å². The van der Waals surface area contributed by atoms with Crippen molar-refractivity contribution >= 4 is 6.03 Å². The van der Waals surface area contributed by atoms with E-state index >= 15 is 4.39 Å². The molecule has 2 amide bonds. The molecule has 1 atom stereocenters. The highest BCUT2D eigenvalue weighted by Crippen LogP contribution is 2.35. The van der Waals surface area contributed by atoms with Crippen molar-refractivity contribution in [3.8, 4) is 11.5 Å². The van der Waals surface area contributed by atoms with Gasteiger partial charge in [0.25, 0.3) is 5.89 Å². The predicted octanol–water partition coefficient (Wildman–Crippen LogP) is 3.04. The molecule has 1 unspecified atom stereocenters. The smallest absolute Gasteiger partial charge is 0.317 e. The Morgan fingerprint density at radius 2 is 2.04 bits per heavy atom. The monoisotopic (exact) mass is 359 g/mol. The molecule has 1 aliphatic carbocycles. The van der Waals surface area contributed by atoms with E-state index in [0.717, 1.165) is 25.7 Å². The van der Waals surface area contributed by atoms with E-state index in [1.54, 1.807) is 24.5 Å². The summed E-state index contributed by atoms with van der Waals surface area (Å²) in [7, 11) is 0. The van der Waals surface area contributed by atoms with Crippen molar-refractivity contribution < 1.29 is 13.7 Å². The summed E-state index contributed by atoms with van der Waals surface area (Å²) < 4.78 is 20.5. The lowest BCUT2D eigenvalue weighted by Gasteiger charge is -2.26. The minimum atomic E-state index is -1.78. The van der Waals surface area contributed by atoms with Crippen LogP contribution in [0.15, 0.2) is 29.0 Å². The van der Waals surface area contributed by atoms with E-state index < -0.39 is 5.67 Å². The first-order chi connectivity index (χ1) is 12.6. The van der Waals surface area contributed by atoms with Crippen LogP contribution in [-0.4, -0.2) is 45.2 Å². The average Bonchev–Trinajstić information content (AvgIpc) is 3.32. The Bertz CT molecular complexity index is 762. The summed E-state index contributed by atoms with van der Waals surface area (Å²) in [6.07, 6.45) is 8.88. The van der Waals surface area contributed by atoms with E-state index in [2.05, 4.69) is 20.4 Å². The van der Waals surface area contributed by atoms with Gasteiger partial charge in [-0.15, -0.1) is 0 Å². The Morgan fingerprint density at radius 3 is 2.81 bits per heavy atom. The molecule has 0 radical (unpaired) electrons. The Balaban J connectivity index is 1.42. The number of hydrogen-bond acceptors (Lipinski definition) is 5. The quantitative estimate of drug-likeness (QED) is 0.910. The summed E-state index contributed by atoms with van der Waals surface area (Å²) in [6, 6.07) is 3.45. The fourth-order valence-electron chi connectivity index (χ4n) is 3.66. The summed E-state index contributed by atoms with van der Waals surface area (Å²) in [5.74, 6) is 0.252. The molecule has 1 saturated heterocycles. The summed E-state index contributed by atoms with van der Waals surface area (Å²) in [5, 5.41) is 6.85. The molecule has 7 nitrogen and oxygen atoms in total. The second kappa shape index (κ2) is 7.01. The van der Waals surface area contributed by atoms with E-state index in [0.29, 0.717) is 12.1 Å². The second-order valence-electron chi connectivity index (χ2n) is 7.08. The van der Waals surface area contributed by atoms with Gasteiger partial charge >= 0.3 is 6.03 Å². The molecule has 8 heteroatoms. The normalized spacial score (nSPS) is 24.0. The van der Waals surface area contributed by atoms with E-state index in [4.69, 9.17) is 4.52 Å². The third kappa shape index (κ3) is 3.40. The van der Waals surface area contributed by atoms with Gasteiger partial charge in [0.1, 0.15) is 0 Å². The summed E-state index contributed by atoms with van der Waals surface area (Å²) in [5.41, 5.74) is -1.09. The van der Waals surface area contributed by atoms with Crippen molar-refractivity contribution in [3.05, 3.63) is 30.4 Å². The number of nitrogens with zero attached hydrogens (tertiary/aromatic N) is 4. The van der Waals surface area contributed by atoms with Crippen LogP contribution in [0.3, 0.4) is 0 Å². The minimum Gasteiger partial charge on any atom is -0.335 e. The highest BCUT2D eigenvalue weighted by molar-refractivity contribution is 5.75. The maximum Gasteiger partial charge on any atom is 0.317 e. The van der Waals surface area contributed by atoms with Gasteiger partial charge in [-0.2, -0.15) is 4.98 Å². The number of halogens is 1. The molecule has 0 bridgehead atoms. The summed E-state index contributed by atoms with van der Waals surface area (Å²) in [6.45, 7) is 0.287. The molecule has 2 fully saturated rings. The highest BCUT2D eigenvalue weighted by Gasteiger charge is 2.46. The van der Waals surface area contributed by atoms with Crippen LogP contribution in [0.25, 0.3) is 11.5 Å². The first-order valence-corrected chi connectivity index (χ1v) is 9.13. The minimum absolute atomic E-state index is 0.00252. The lowest BCUT2D eigenvalue weighted by molar-refractivity contribution is 0.149. The molecule has 2 aliphatic rings. The number of nitrogens with one attached hydrogen (secondary N) is 1. The zero-order chi connectivity index (χ0) is 18.0. The average molecular weight is 359 g/mol. The van der Waals surface area contributed by atoms with Gasteiger partial charge in [0.15, 0.2) is 5.67 Å². The predicted molar refractivity (Wildman–Crippen MR) is 91.9 cm³/mol. The van der Waals surface area contributed by atoms with Gasteiger partial charge in [0.05, 0.1) is 6.54 Å². The number of rotatable bonds is 3. The van der Waals surface area contributed by atoms with Crippen LogP contribution in [0.4, 0.5) is 9.18 Å². The maximum atomic E-state index is 15.3. The highest BCUT2D eigenvalue weighted by atomic mass is 19.1. The number of aromatic nitrogens is 3. The van der Waals surface area contributed by atoms with Crippen LogP contribution >= 0.6 is 0 Å². The van der Waals surface area contributed by atoms with Crippen LogP contribution in [0.1, 0.15) is 44.3 Å². The van der Waals surface area contributed by atoms with Crippen LogP contribution in [0, 0.1) is 0 Å². The largest absolute Gasteiger partial charge is 0.335 e. The number of carbonyl (C=O) groups is 1. The Labute approximate surface area is 151 Å². The van der Waals surface area contributed by atoms with Gasteiger partial charge in [0.2, 0.25) is 5.82 Å². The molecule has 4 rings (SSSR count). The van der Waals surface area contributed by atoms with Gasteiger partial charge < -0.3 is 14.7 Å². The van der Waals surface area contributed by atoms with Crippen molar-refractivity contribution in [1.29, 1.82) is 0 Å². The molecule has 0 aromatic carbocycles. The summed E-state index contributed by atoms with van der Waals surface area (Å²) in [4.78, 5) is 22.1. The van der Waals surface area contributed by atoms with Gasteiger partial charge in [0, 0.05) is 37.0 Å². The van der Waals surface area contributed by atoms with Crippen LogP contribution in [0.5, 0.6) is 0 Å². The summed E-state index contributed by atoms with van der Waals surface area (Å²) >= 11 is 0. The van der Waals surface area contributed by atoms with Crippen molar-refractivity contribution in [2.75, 3.05) is 13.1 Å². The molecular weight excluding hydrogens is 337 g/mol.